The Kier molecular flexibility index (Phi) is 2.32. The fraction of sp³-hybridized carbons (Fsp3) is 0.133. The molecule has 1 atom stereocenters. The molecule has 0 N–H and O–H groups in total. The standard InChI is InChI=1S/C15H12N4O/c1-10(15-16-12-7-3-5-9-14(12)20-15)19-13-8-4-2-6-11(13)17-18-19/h2-10H,1H3. The zero-order valence-electron chi connectivity index (χ0n) is 10.9. The highest BCUT2D eigenvalue weighted by Crippen LogP contribution is 2.24. The number of hydrogen-bond acceptors (Lipinski definition) is 4. The Morgan fingerprint density at radius 3 is 2.60 bits per heavy atom. The summed E-state index contributed by atoms with van der Waals surface area (Å²) in [5.41, 5.74) is 3.50. The van der Waals surface area contributed by atoms with E-state index >= 15 is 0 Å². The summed E-state index contributed by atoms with van der Waals surface area (Å²) in [6.45, 7) is 2.01. The smallest absolute Gasteiger partial charge is 0.220 e. The van der Waals surface area contributed by atoms with E-state index in [1.807, 2.05) is 60.1 Å². The van der Waals surface area contributed by atoms with Gasteiger partial charge in [-0.3, -0.25) is 0 Å². The lowest BCUT2D eigenvalue weighted by atomic mass is 10.3. The van der Waals surface area contributed by atoms with Crippen LogP contribution >= 0.6 is 0 Å². The molecule has 0 saturated heterocycles. The number of nitrogens with zero attached hydrogens (tertiary/aromatic N) is 4. The molecule has 2 aromatic heterocycles. The van der Waals surface area contributed by atoms with E-state index in [4.69, 9.17) is 4.42 Å². The van der Waals surface area contributed by atoms with Gasteiger partial charge < -0.3 is 4.42 Å². The summed E-state index contributed by atoms with van der Waals surface area (Å²) in [4.78, 5) is 4.52. The molecule has 0 saturated carbocycles. The largest absolute Gasteiger partial charge is 0.438 e. The van der Waals surface area contributed by atoms with Crippen molar-refractivity contribution < 1.29 is 4.42 Å². The highest BCUT2D eigenvalue weighted by Gasteiger charge is 2.18. The molecule has 5 heteroatoms. The van der Waals surface area contributed by atoms with Gasteiger partial charge in [-0.05, 0) is 31.2 Å². The van der Waals surface area contributed by atoms with Gasteiger partial charge in [0.1, 0.15) is 17.1 Å². The summed E-state index contributed by atoms with van der Waals surface area (Å²) < 4.78 is 7.64. The van der Waals surface area contributed by atoms with Gasteiger partial charge >= 0.3 is 0 Å². The van der Waals surface area contributed by atoms with Crippen molar-refractivity contribution in [3.05, 3.63) is 54.4 Å². The zero-order valence-corrected chi connectivity index (χ0v) is 10.9. The first-order valence-electron chi connectivity index (χ1n) is 6.48. The van der Waals surface area contributed by atoms with Crippen molar-refractivity contribution in [1.29, 1.82) is 0 Å². The normalized spacial score (nSPS) is 13.1. The molecule has 2 aromatic carbocycles. The number of para-hydroxylation sites is 3. The van der Waals surface area contributed by atoms with E-state index in [9.17, 15) is 0 Å². The average Bonchev–Trinajstić information content (AvgIpc) is 3.10. The van der Waals surface area contributed by atoms with E-state index in [1.54, 1.807) is 0 Å². The molecular formula is C15H12N4O. The molecule has 0 aliphatic rings. The van der Waals surface area contributed by atoms with Gasteiger partial charge in [-0.15, -0.1) is 5.10 Å². The van der Waals surface area contributed by atoms with Crippen LogP contribution in [0.4, 0.5) is 0 Å². The van der Waals surface area contributed by atoms with Crippen molar-refractivity contribution >= 4 is 22.1 Å². The van der Waals surface area contributed by atoms with Crippen molar-refractivity contribution in [2.75, 3.05) is 0 Å². The number of oxazole rings is 1. The van der Waals surface area contributed by atoms with Crippen LogP contribution in [0.5, 0.6) is 0 Å². The van der Waals surface area contributed by atoms with Crippen molar-refractivity contribution in [1.82, 2.24) is 20.0 Å². The first-order valence-corrected chi connectivity index (χ1v) is 6.48. The highest BCUT2D eigenvalue weighted by molar-refractivity contribution is 5.74. The van der Waals surface area contributed by atoms with Gasteiger partial charge in [0.05, 0.1) is 5.52 Å². The minimum Gasteiger partial charge on any atom is -0.438 e. The Labute approximate surface area is 114 Å². The van der Waals surface area contributed by atoms with E-state index in [-0.39, 0.29) is 6.04 Å². The first-order chi connectivity index (χ1) is 9.83. The molecule has 0 radical (unpaired) electrons. The summed E-state index contributed by atoms with van der Waals surface area (Å²) in [6, 6.07) is 15.5. The third kappa shape index (κ3) is 1.60. The van der Waals surface area contributed by atoms with Crippen LogP contribution in [0, 0.1) is 0 Å². The van der Waals surface area contributed by atoms with Gasteiger partial charge in [0, 0.05) is 0 Å². The maximum Gasteiger partial charge on any atom is 0.220 e. The van der Waals surface area contributed by atoms with E-state index in [0.29, 0.717) is 5.89 Å². The molecule has 5 nitrogen and oxygen atoms in total. The average molecular weight is 264 g/mol. The van der Waals surface area contributed by atoms with Crippen molar-refractivity contribution in [3.63, 3.8) is 0 Å². The second-order valence-electron chi connectivity index (χ2n) is 4.72. The molecule has 98 valence electrons. The Bertz CT molecular complexity index is 860. The second-order valence-corrected chi connectivity index (χ2v) is 4.72. The number of hydrogen-bond donors (Lipinski definition) is 0. The van der Waals surface area contributed by atoms with Gasteiger partial charge in [-0.1, -0.05) is 29.5 Å². The molecule has 0 bridgehead atoms. The van der Waals surface area contributed by atoms with Gasteiger partial charge in [0.15, 0.2) is 5.58 Å². The molecule has 4 rings (SSSR count). The minimum absolute atomic E-state index is 0.102. The Hall–Kier alpha value is -2.69. The van der Waals surface area contributed by atoms with E-state index in [2.05, 4.69) is 15.3 Å². The van der Waals surface area contributed by atoms with Crippen molar-refractivity contribution in [3.8, 4) is 0 Å². The molecule has 20 heavy (non-hydrogen) atoms. The molecule has 0 aliphatic heterocycles. The lowest BCUT2D eigenvalue weighted by molar-refractivity contribution is 0.429. The van der Waals surface area contributed by atoms with Crippen LogP contribution in [0.2, 0.25) is 0 Å². The number of aromatic nitrogens is 4. The summed E-state index contributed by atoms with van der Waals surface area (Å²) >= 11 is 0. The van der Waals surface area contributed by atoms with Crippen molar-refractivity contribution in [2.24, 2.45) is 0 Å². The third-order valence-corrected chi connectivity index (χ3v) is 3.41. The first kappa shape index (κ1) is 11.2. The van der Waals surface area contributed by atoms with Crippen LogP contribution in [-0.4, -0.2) is 20.0 Å². The monoisotopic (exact) mass is 264 g/mol. The molecule has 4 aromatic rings. The van der Waals surface area contributed by atoms with E-state index in [0.717, 1.165) is 22.1 Å². The number of fused-ring (bicyclic) bond motifs is 2. The maximum atomic E-state index is 5.80. The summed E-state index contributed by atoms with van der Waals surface area (Å²) in [7, 11) is 0. The van der Waals surface area contributed by atoms with Gasteiger partial charge in [-0.2, -0.15) is 0 Å². The Morgan fingerprint density at radius 1 is 1.00 bits per heavy atom. The lowest BCUT2D eigenvalue weighted by Crippen LogP contribution is -2.08. The van der Waals surface area contributed by atoms with Crippen LogP contribution in [0.1, 0.15) is 18.9 Å². The highest BCUT2D eigenvalue weighted by atomic mass is 16.3. The molecule has 0 spiro atoms. The van der Waals surface area contributed by atoms with Crippen LogP contribution < -0.4 is 0 Å². The number of benzene rings is 2. The molecule has 0 aliphatic carbocycles. The quantitative estimate of drug-likeness (QED) is 0.558. The predicted octanol–water partition coefficient (Wildman–Crippen LogP) is 3.18. The topological polar surface area (TPSA) is 56.7 Å². The lowest BCUT2D eigenvalue weighted by Gasteiger charge is -2.07. The maximum absolute atomic E-state index is 5.80. The molecule has 0 fully saturated rings. The van der Waals surface area contributed by atoms with Crippen LogP contribution in [0.25, 0.3) is 22.1 Å². The summed E-state index contributed by atoms with van der Waals surface area (Å²) in [6.07, 6.45) is 0. The Balaban J connectivity index is 1.85. The van der Waals surface area contributed by atoms with Gasteiger partial charge in [0.25, 0.3) is 0 Å². The molecule has 0 amide bonds. The van der Waals surface area contributed by atoms with Gasteiger partial charge in [0.2, 0.25) is 5.89 Å². The fourth-order valence-electron chi connectivity index (χ4n) is 2.35. The SMILES string of the molecule is CC(c1nc2ccccc2o1)n1nnc2ccccc21. The molecule has 2 heterocycles. The van der Waals surface area contributed by atoms with E-state index in [1.165, 1.54) is 0 Å². The predicted molar refractivity (Wildman–Crippen MR) is 75.4 cm³/mol. The van der Waals surface area contributed by atoms with Crippen LogP contribution in [0.3, 0.4) is 0 Å². The van der Waals surface area contributed by atoms with E-state index < -0.39 is 0 Å². The van der Waals surface area contributed by atoms with Crippen LogP contribution in [0.15, 0.2) is 52.9 Å². The fourth-order valence-corrected chi connectivity index (χ4v) is 2.35. The zero-order chi connectivity index (χ0) is 13.5. The Morgan fingerprint density at radius 2 is 1.75 bits per heavy atom. The molecular weight excluding hydrogens is 252 g/mol. The van der Waals surface area contributed by atoms with Crippen LogP contribution in [-0.2, 0) is 0 Å². The minimum atomic E-state index is -0.102. The van der Waals surface area contributed by atoms with Crippen molar-refractivity contribution in [2.45, 2.75) is 13.0 Å². The second kappa shape index (κ2) is 4.16. The summed E-state index contributed by atoms with van der Waals surface area (Å²) in [5.74, 6) is 0.641. The number of rotatable bonds is 2. The molecule has 1 unspecified atom stereocenters. The summed E-state index contributed by atoms with van der Waals surface area (Å²) in [5, 5.41) is 8.37. The van der Waals surface area contributed by atoms with Gasteiger partial charge in [-0.25, -0.2) is 9.67 Å². The third-order valence-electron chi connectivity index (χ3n) is 3.41.